The molecule has 0 rings (SSSR count). The zero-order valence-corrected chi connectivity index (χ0v) is 6.60. The van der Waals surface area contributed by atoms with Crippen LogP contribution in [0.2, 0.25) is 0 Å². The molecule has 0 radical (unpaired) electrons. The highest BCUT2D eigenvalue weighted by Gasteiger charge is 2.09. The zero-order valence-electron chi connectivity index (χ0n) is 5.84. The molecule has 0 amide bonds. The third-order valence-electron chi connectivity index (χ3n) is 0.886. The van der Waals surface area contributed by atoms with Gasteiger partial charge in [0.05, 0.1) is 19.1 Å². The van der Waals surface area contributed by atoms with E-state index in [1.165, 1.54) is 0 Å². The van der Waals surface area contributed by atoms with Gasteiger partial charge in [-0.15, -0.1) is 11.6 Å². The molecule has 3 nitrogen and oxygen atoms in total. The average Bonchev–Trinajstić information content (AvgIpc) is 1.88. The van der Waals surface area contributed by atoms with E-state index in [2.05, 4.69) is 4.74 Å². The lowest BCUT2D eigenvalue weighted by molar-refractivity contribution is -0.144. The van der Waals surface area contributed by atoms with Crippen LogP contribution in [0, 0.1) is 0 Å². The summed E-state index contributed by atoms with van der Waals surface area (Å²) in [5, 5.41) is 8.82. The molecule has 10 heavy (non-hydrogen) atoms. The average molecular weight is 167 g/mol. The molecule has 4 heteroatoms. The van der Waals surface area contributed by atoms with Crippen LogP contribution in [0.1, 0.15) is 13.3 Å². The first-order valence-electron chi connectivity index (χ1n) is 3.10. The van der Waals surface area contributed by atoms with Gasteiger partial charge >= 0.3 is 5.97 Å². The van der Waals surface area contributed by atoms with Gasteiger partial charge in [-0.25, -0.2) is 0 Å². The van der Waals surface area contributed by atoms with E-state index < -0.39 is 12.1 Å². The van der Waals surface area contributed by atoms with Crippen LogP contribution in [0.5, 0.6) is 0 Å². The Morgan fingerprint density at radius 1 is 1.80 bits per heavy atom. The predicted molar refractivity (Wildman–Crippen MR) is 38.0 cm³/mol. The van der Waals surface area contributed by atoms with Crippen molar-refractivity contribution in [2.24, 2.45) is 0 Å². The van der Waals surface area contributed by atoms with Gasteiger partial charge in [0.2, 0.25) is 0 Å². The van der Waals surface area contributed by atoms with Crippen LogP contribution in [-0.4, -0.2) is 29.7 Å². The van der Waals surface area contributed by atoms with E-state index in [0.717, 1.165) is 0 Å². The number of alkyl halides is 1. The Hall–Kier alpha value is -0.280. The first-order chi connectivity index (χ1) is 4.70. The van der Waals surface area contributed by atoms with Crippen molar-refractivity contribution in [1.29, 1.82) is 0 Å². The van der Waals surface area contributed by atoms with Gasteiger partial charge in [-0.05, 0) is 6.92 Å². The van der Waals surface area contributed by atoms with Crippen molar-refractivity contribution in [1.82, 2.24) is 0 Å². The van der Waals surface area contributed by atoms with Gasteiger partial charge in [-0.3, -0.25) is 4.79 Å². The van der Waals surface area contributed by atoms with Crippen molar-refractivity contribution in [3.63, 3.8) is 0 Å². The van der Waals surface area contributed by atoms with Crippen LogP contribution >= 0.6 is 11.6 Å². The first-order valence-corrected chi connectivity index (χ1v) is 3.63. The zero-order chi connectivity index (χ0) is 7.98. The molecule has 0 aliphatic carbocycles. The minimum atomic E-state index is -0.777. The van der Waals surface area contributed by atoms with E-state index in [1.807, 2.05) is 0 Å². The fourth-order valence-electron chi connectivity index (χ4n) is 0.467. The van der Waals surface area contributed by atoms with Crippen molar-refractivity contribution < 1.29 is 14.6 Å². The maximum atomic E-state index is 10.6. The maximum absolute atomic E-state index is 10.6. The van der Waals surface area contributed by atoms with Crippen LogP contribution in [-0.2, 0) is 9.53 Å². The summed E-state index contributed by atoms with van der Waals surface area (Å²) in [7, 11) is 0. The van der Waals surface area contributed by atoms with Gasteiger partial charge < -0.3 is 9.84 Å². The summed E-state index contributed by atoms with van der Waals surface area (Å²) < 4.78 is 4.56. The van der Waals surface area contributed by atoms with Gasteiger partial charge in [0.15, 0.2) is 0 Å². The summed E-state index contributed by atoms with van der Waals surface area (Å²) in [4.78, 5) is 10.6. The molecule has 0 saturated carbocycles. The molecule has 0 aromatic carbocycles. The number of aliphatic hydroxyl groups excluding tert-OH is 1. The standard InChI is InChI=1S/C6H11ClO3/c1-2-10-6(9)3-5(8)4-7/h5,8H,2-4H2,1H3. The summed E-state index contributed by atoms with van der Waals surface area (Å²) in [6.45, 7) is 2.05. The van der Waals surface area contributed by atoms with Crippen LogP contribution < -0.4 is 0 Å². The van der Waals surface area contributed by atoms with E-state index >= 15 is 0 Å². The number of hydrogen-bond acceptors (Lipinski definition) is 3. The second kappa shape index (κ2) is 5.50. The Balaban J connectivity index is 3.37. The third-order valence-corrected chi connectivity index (χ3v) is 1.24. The van der Waals surface area contributed by atoms with Crippen molar-refractivity contribution in [2.45, 2.75) is 19.4 Å². The number of aliphatic hydroxyl groups is 1. The topological polar surface area (TPSA) is 46.5 Å². The smallest absolute Gasteiger partial charge is 0.308 e. The summed E-state index contributed by atoms with van der Waals surface area (Å²) >= 11 is 5.24. The molecule has 0 saturated heterocycles. The molecule has 0 fully saturated rings. The molecular weight excluding hydrogens is 156 g/mol. The Bertz CT molecular complexity index is 105. The quantitative estimate of drug-likeness (QED) is 0.490. The Labute approximate surface area is 64.9 Å². The summed E-state index contributed by atoms with van der Waals surface area (Å²) in [6, 6.07) is 0. The summed E-state index contributed by atoms with van der Waals surface area (Å²) in [5.74, 6) is -0.339. The SMILES string of the molecule is CCOC(=O)CC(O)CCl. The monoisotopic (exact) mass is 166 g/mol. The van der Waals surface area contributed by atoms with Gasteiger partial charge in [0.25, 0.3) is 0 Å². The van der Waals surface area contributed by atoms with Gasteiger partial charge in [-0.1, -0.05) is 0 Å². The van der Waals surface area contributed by atoms with Crippen LogP contribution in [0.15, 0.2) is 0 Å². The van der Waals surface area contributed by atoms with Crippen molar-refractivity contribution >= 4 is 17.6 Å². The summed E-state index contributed by atoms with van der Waals surface area (Å²) in [5.41, 5.74) is 0. The highest BCUT2D eigenvalue weighted by Crippen LogP contribution is 1.96. The lowest BCUT2D eigenvalue weighted by Crippen LogP contribution is -2.16. The molecule has 60 valence electrons. The molecule has 1 N–H and O–H groups in total. The minimum absolute atomic E-state index is 0.0165. The van der Waals surface area contributed by atoms with Crippen molar-refractivity contribution in [2.75, 3.05) is 12.5 Å². The number of carbonyl (C=O) groups is 1. The molecule has 0 spiro atoms. The lowest BCUT2D eigenvalue weighted by atomic mass is 10.3. The van der Waals surface area contributed by atoms with Crippen LogP contribution in [0.3, 0.4) is 0 Å². The number of carbonyl (C=O) groups excluding carboxylic acids is 1. The molecule has 0 aliphatic rings. The number of halogens is 1. The maximum Gasteiger partial charge on any atom is 0.308 e. The second-order valence-electron chi connectivity index (χ2n) is 1.82. The van der Waals surface area contributed by atoms with E-state index in [4.69, 9.17) is 16.7 Å². The summed E-state index contributed by atoms with van der Waals surface area (Å²) in [6.07, 6.45) is -0.794. The fourth-order valence-corrected chi connectivity index (χ4v) is 0.576. The second-order valence-corrected chi connectivity index (χ2v) is 2.13. The molecule has 0 aliphatic heterocycles. The lowest BCUT2D eigenvalue weighted by Gasteiger charge is -2.04. The molecule has 0 aromatic heterocycles. The van der Waals surface area contributed by atoms with Gasteiger partial charge in [0, 0.05) is 5.88 Å². The van der Waals surface area contributed by atoms with E-state index in [9.17, 15) is 4.79 Å². The molecule has 1 unspecified atom stereocenters. The molecular formula is C6H11ClO3. The number of rotatable bonds is 4. The molecule has 0 bridgehead atoms. The third kappa shape index (κ3) is 4.58. The fraction of sp³-hybridized carbons (Fsp3) is 0.833. The van der Waals surface area contributed by atoms with Crippen molar-refractivity contribution in [3.8, 4) is 0 Å². The number of esters is 1. The predicted octanol–water partition coefficient (Wildman–Crippen LogP) is 0.539. The van der Waals surface area contributed by atoms with E-state index in [-0.39, 0.29) is 12.3 Å². The molecule has 1 atom stereocenters. The normalized spacial score (nSPS) is 12.7. The number of ether oxygens (including phenoxy) is 1. The Morgan fingerprint density at radius 2 is 2.40 bits per heavy atom. The van der Waals surface area contributed by atoms with E-state index in [0.29, 0.717) is 6.61 Å². The first kappa shape index (κ1) is 9.72. The minimum Gasteiger partial charge on any atom is -0.466 e. The highest BCUT2D eigenvalue weighted by atomic mass is 35.5. The van der Waals surface area contributed by atoms with E-state index in [1.54, 1.807) is 6.92 Å². The Kier molecular flexibility index (Phi) is 5.35. The number of hydrogen-bond donors (Lipinski definition) is 1. The molecule has 0 heterocycles. The van der Waals surface area contributed by atoms with Gasteiger partial charge in [0.1, 0.15) is 0 Å². The highest BCUT2D eigenvalue weighted by molar-refractivity contribution is 6.18. The largest absolute Gasteiger partial charge is 0.466 e. The van der Waals surface area contributed by atoms with Crippen LogP contribution in [0.25, 0.3) is 0 Å². The Morgan fingerprint density at radius 3 is 2.80 bits per heavy atom. The van der Waals surface area contributed by atoms with Crippen molar-refractivity contribution in [3.05, 3.63) is 0 Å². The van der Waals surface area contributed by atoms with Crippen LogP contribution in [0.4, 0.5) is 0 Å². The molecule has 0 aromatic rings. The van der Waals surface area contributed by atoms with Gasteiger partial charge in [-0.2, -0.15) is 0 Å².